The second-order valence-electron chi connectivity index (χ2n) is 7.67. The zero-order chi connectivity index (χ0) is 22.5. The molecule has 12 heteroatoms. The topological polar surface area (TPSA) is 116 Å². The molecule has 0 saturated carbocycles. The molecule has 1 aromatic carbocycles. The Kier molecular flexibility index (Phi) is 8.05. The Morgan fingerprint density at radius 2 is 1.55 bits per heavy atom. The zero-order valence-corrected chi connectivity index (χ0v) is 19.3. The third-order valence-electron chi connectivity index (χ3n) is 5.40. The molecular weight excluding hydrogens is 444 g/mol. The molecular formula is C19H30N4O6S2. The molecule has 0 bridgehead atoms. The van der Waals surface area contributed by atoms with Gasteiger partial charge in [-0.05, 0) is 19.1 Å². The van der Waals surface area contributed by atoms with Crippen molar-refractivity contribution in [1.82, 2.24) is 18.8 Å². The summed E-state index contributed by atoms with van der Waals surface area (Å²) in [5, 5.41) is 2.65. The maximum absolute atomic E-state index is 12.8. The molecule has 3 rings (SSSR count). The molecule has 0 spiro atoms. The van der Waals surface area contributed by atoms with Gasteiger partial charge >= 0.3 is 0 Å². The van der Waals surface area contributed by atoms with Gasteiger partial charge < -0.3 is 10.1 Å². The van der Waals surface area contributed by atoms with Gasteiger partial charge in [0.05, 0.1) is 30.4 Å². The van der Waals surface area contributed by atoms with Gasteiger partial charge in [-0.25, -0.2) is 16.8 Å². The summed E-state index contributed by atoms with van der Waals surface area (Å²) in [6.07, 6.45) is 0. The van der Waals surface area contributed by atoms with Crippen molar-refractivity contribution in [3.05, 3.63) is 29.8 Å². The van der Waals surface area contributed by atoms with Crippen LogP contribution in [0.3, 0.4) is 0 Å². The van der Waals surface area contributed by atoms with Crippen molar-refractivity contribution in [2.45, 2.75) is 11.8 Å². The molecule has 10 nitrogen and oxygen atoms in total. The van der Waals surface area contributed by atoms with Crippen LogP contribution >= 0.6 is 0 Å². The molecule has 1 N–H and O–H groups in total. The van der Waals surface area contributed by atoms with Gasteiger partial charge in [0.15, 0.2) is 0 Å². The lowest BCUT2D eigenvalue weighted by Gasteiger charge is -2.33. The molecule has 2 aliphatic heterocycles. The van der Waals surface area contributed by atoms with Crippen molar-refractivity contribution in [3.8, 4) is 0 Å². The highest BCUT2D eigenvalue weighted by atomic mass is 32.2. The van der Waals surface area contributed by atoms with Crippen molar-refractivity contribution < 1.29 is 26.4 Å². The predicted molar refractivity (Wildman–Crippen MR) is 116 cm³/mol. The Morgan fingerprint density at radius 3 is 2.16 bits per heavy atom. The number of rotatable bonds is 8. The molecule has 2 aliphatic rings. The van der Waals surface area contributed by atoms with Crippen LogP contribution in [0.4, 0.5) is 0 Å². The summed E-state index contributed by atoms with van der Waals surface area (Å²) in [5.41, 5.74) is 0.993. The summed E-state index contributed by atoms with van der Waals surface area (Å²) in [7, 11) is -6.96. The average Bonchev–Trinajstić information content (AvgIpc) is 2.75. The summed E-state index contributed by atoms with van der Waals surface area (Å²) >= 11 is 0. The van der Waals surface area contributed by atoms with Crippen LogP contribution in [0.15, 0.2) is 29.2 Å². The summed E-state index contributed by atoms with van der Waals surface area (Å²) < 4.78 is 58.0. The number of ether oxygens (including phenoxy) is 1. The maximum atomic E-state index is 12.8. The number of aryl methyl sites for hydroxylation is 1. The second kappa shape index (κ2) is 10.4. The highest BCUT2D eigenvalue weighted by Gasteiger charge is 2.29. The first-order valence-corrected chi connectivity index (χ1v) is 13.3. The van der Waals surface area contributed by atoms with Gasteiger partial charge in [0, 0.05) is 45.8 Å². The van der Waals surface area contributed by atoms with Gasteiger partial charge in [0.2, 0.25) is 26.0 Å². The molecule has 2 heterocycles. The van der Waals surface area contributed by atoms with E-state index < -0.39 is 20.0 Å². The third kappa shape index (κ3) is 6.46. The minimum Gasteiger partial charge on any atom is -0.379 e. The fourth-order valence-electron chi connectivity index (χ4n) is 3.52. The fraction of sp³-hybridized carbons (Fsp3) is 0.632. The molecule has 0 atom stereocenters. The van der Waals surface area contributed by atoms with E-state index in [9.17, 15) is 21.6 Å². The van der Waals surface area contributed by atoms with Gasteiger partial charge in [-0.3, -0.25) is 9.69 Å². The quantitative estimate of drug-likeness (QED) is 0.518. The lowest BCUT2D eigenvalue weighted by atomic mass is 10.2. The van der Waals surface area contributed by atoms with Crippen LogP contribution in [0, 0.1) is 6.92 Å². The predicted octanol–water partition coefficient (Wildman–Crippen LogP) is -0.920. The monoisotopic (exact) mass is 474 g/mol. The Morgan fingerprint density at radius 1 is 0.935 bits per heavy atom. The number of carbonyl (C=O) groups is 1. The SMILES string of the molecule is Cc1ccc(S(=O)(=O)N2CCN(CC(=O)NCCS(=O)(=O)N3CCOCC3)CC2)cc1. The van der Waals surface area contributed by atoms with Crippen LogP contribution in [0.2, 0.25) is 0 Å². The Bertz CT molecular complexity index is 952. The highest BCUT2D eigenvalue weighted by Crippen LogP contribution is 2.18. The average molecular weight is 475 g/mol. The van der Waals surface area contributed by atoms with E-state index in [1.807, 2.05) is 11.8 Å². The van der Waals surface area contributed by atoms with E-state index in [-0.39, 0.29) is 29.6 Å². The van der Waals surface area contributed by atoms with Crippen molar-refractivity contribution in [3.63, 3.8) is 0 Å². The van der Waals surface area contributed by atoms with Crippen LogP contribution < -0.4 is 5.32 Å². The zero-order valence-electron chi connectivity index (χ0n) is 17.7. The largest absolute Gasteiger partial charge is 0.379 e. The Labute approximate surface area is 184 Å². The van der Waals surface area contributed by atoms with Gasteiger partial charge in [-0.15, -0.1) is 0 Å². The maximum Gasteiger partial charge on any atom is 0.243 e. The molecule has 0 unspecified atom stereocenters. The van der Waals surface area contributed by atoms with Crippen LogP contribution in [-0.4, -0.2) is 108 Å². The molecule has 174 valence electrons. The summed E-state index contributed by atoms with van der Waals surface area (Å²) in [4.78, 5) is 14.3. The number of hydrogen-bond acceptors (Lipinski definition) is 7. The third-order valence-corrected chi connectivity index (χ3v) is 9.19. The van der Waals surface area contributed by atoms with Crippen LogP contribution in [-0.2, 0) is 29.6 Å². The van der Waals surface area contributed by atoms with E-state index in [4.69, 9.17) is 4.74 Å². The second-order valence-corrected chi connectivity index (χ2v) is 11.7. The van der Waals surface area contributed by atoms with Gasteiger partial charge in [-0.1, -0.05) is 17.7 Å². The lowest BCUT2D eigenvalue weighted by molar-refractivity contribution is -0.122. The molecule has 1 aromatic rings. The molecule has 0 aromatic heterocycles. The molecule has 2 fully saturated rings. The van der Waals surface area contributed by atoms with E-state index in [1.165, 1.54) is 8.61 Å². The van der Waals surface area contributed by atoms with Gasteiger partial charge in [-0.2, -0.15) is 8.61 Å². The normalized spacial score (nSPS) is 19.9. The molecule has 0 aliphatic carbocycles. The van der Waals surface area contributed by atoms with Crippen LogP contribution in [0.5, 0.6) is 0 Å². The number of morpholine rings is 1. The number of piperazine rings is 1. The van der Waals surface area contributed by atoms with Crippen molar-refractivity contribution in [2.75, 3.05) is 71.3 Å². The Hall–Kier alpha value is -1.57. The van der Waals surface area contributed by atoms with Gasteiger partial charge in [0.25, 0.3) is 0 Å². The first-order chi connectivity index (χ1) is 14.7. The standard InChI is InChI=1S/C19H30N4O6S2/c1-17-2-4-18(5-3-17)31(27,28)23-9-7-21(8-10-23)16-19(24)20-6-15-30(25,26)22-11-13-29-14-12-22/h2-5H,6-16H2,1H3,(H,20,24). The van der Waals surface area contributed by atoms with E-state index in [1.54, 1.807) is 24.3 Å². The smallest absolute Gasteiger partial charge is 0.243 e. The van der Waals surface area contributed by atoms with E-state index in [0.29, 0.717) is 52.5 Å². The summed E-state index contributed by atoms with van der Waals surface area (Å²) in [6, 6.07) is 6.75. The van der Waals surface area contributed by atoms with Crippen LogP contribution in [0.25, 0.3) is 0 Å². The van der Waals surface area contributed by atoms with Gasteiger partial charge in [0.1, 0.15) is 0 Å². The number of sulfonamides is 2. The highest BCUT2D eigenvalue weighted by molar-refractivity contribution is 7.89. The molecule has 31 heavy (non-hydrogen) atoms. The molecule has 0 radical (unpaired) electrons. The minimum absolute atomic E-state index is 0.0420. The Balaban J connectivity index is 1.41. The van der Waals surface area contributed by atoms with Crippen molar-refractivity contribution >= 4 is 26.0 Å². The van der Waals surface area contributed by atoms with E-state index >= 15 is 0 Å². The van der Waals surface area contributed by atoms with E-state index in [2.05, 4.69) is 5.32 Å². The lowest BCUT2D eigenvalue weighted by Crippen LogP contribution is -2.51. The first-order valence-electron chi connectivity index (χ1n) is 10.3. The minimum atomic E-state index is -3.55. The number of benzene rings is 1. The first kappa shape index (κ1) is 24.1. The van der Waals surface area contributed by atoms with E-state index in [0.717, 1.165) is 5.56 Å². The number of amides is 1. The molecule has 2 saturated heterocycles. The van der Waals surface area contributed by atoms with Crippen molar-refractivity contribution in [1.29, 1.82) is 0 Å². The fourth-order valence-corrected chi connectivity index (χ4v) is 6.27. The number of hydrogen-bond donors (Lipinski definition) is 1. The number of carbonyl (C=O) groups excluding carboxylic acids is 1. The van der Waals surface area contributed by atoms with Crippen LogP contribution in [0.1, 0.15) is 5.56 Å². The number of nitrogens with zero attached hydrogens (tertiary/aromatic N) is 3. The molecule has 1 amide bonds. The summed E-state index contributed by atoms with van der Waals surface area (Å²) in [5.74, 6) is -0.423. The summed E-state index contributed by atoms with van der Waals surface area (Å²) in [6.45, 7) is 4.97. The number of nitrogens with one attached hydrogen (secondary N) is 1. The van der Waals surface area contributed by atoms with Crippen molar-refractivity contribution in [2.24, 2.45) is 0 Å².